The molecule has 0 saturated carbocycles. The molecular weight excluding hydrogens is 239 g/mol. The maximum absolute atomic E-state index is 13.4. The Balaban J connectivity index is 2.10. The Kier molecular flexibility index (Phi) is 3.73. The van der Waals surface area contributed by atoms with Crippen molar-refractivity contribution in [3.8, 4) is 5.75 Å². The van der Waals surface area contributed by atoms with E-state index in [1.54, 1.807) is 6.07 Å². The van der Waals surface area contributed by atoms with Gasteiger partial charge in [-0.15, -0.1) is 5.10 Å². The van der Waals surface area contributed by atoms with Gasteiger partial charge in [0, 0.05) is 24.7 Å². The lowest BCUT2D eigenvalue weighted by atomic mass is 10.3. The summed E-state index contributed by atoms with van der Waals surface area (Å²) in [4.78, 5) is 0. The van der Waals surface area contributed by atoms with E-state index >= 15 is 0 Å². The Hall–Kier alpha value is -2.15. The van der Waals surface area contributed by atoms with E-state index in [1.165, 1.54) is 19.2 Å². The summed E-state index contributed by atoms with van der Waals surface area (Å²) in [7, 11) is 1.41. The van der Waals surface area contributed by atoms with Crippen molar-refractivity contribution in [2.24, 2.45) is 5.73 Å². The van der Waals surface area contributed by atoms with E-state index in [0.29, 0.717) is 24.5 Å². The second-order valence-corrected chi connectivity index (χ2v) is 3.51. The first-order valence-corrected chi connectivity index (χ1v) is 5.36. The zero-order valence-electron chi connectivity index (χ0n) is 9.81. The summed E-state index contributed by atoms with van der Waals surface area (Å²) in [5, 5.41) is 10.3. The number of hydrogen-bond acceptors (Lipinski definition) is 6. The molecule has 0 amide bonds. The lowest BCUT2D eigenvalue weighted by Crippen LogP contribution is -2.02. The minimum Gasteiger partial charge on any atom is -0.494 e. The molecule has 18 heavy (non-hydrogen) atoms. The Morgan fingerprint density at radius 3 is 2.94 bits per heavy atom. The Morgan fingerprint density at radius 2 is 2.28 bits per heavy atom. The highest BCUT2D eigenvalue weighted by Gasteiger charge is 2.07. The molecule has 1 aromatic carbocycles. The molecule has 7 heteroatoms. The van der Waals surface area contributed by atoms with Gasteiger partial charge in [0.1, 0.15) is 0 Å². The highest BCUT2D eigenvalue weighted by Crippen LogP contribution is 2.22. The molecule has 0 fully saturated rings. The Morgan fingerprint density at radius 1 is 1.44 bits per heavy atom. The zero-order chi connectivity index (χ0) is 13.0. The molecule has 0 spiro atoms. The van der Waals surface area contributed by atoms with Crippen LogP contribution in [0.25, 0.3) is 0 Å². The molecule has 0 bridgehead atoms. The smallest absolute Gasteiger partial charge is 0.320 e. The van der Waals surface area contributed by atoms with E-state index in [1.807, 2.05) is 0 Å². The quantitative estimate of drug-likeness (QED) is 0.837. The fourth-order valence-corrected chi connectivity index (χ4v) is 1.40. The highest BCUT2D eigenvalue weighted by molar-refractivity contribution is 5.53. The van der Waals surface area contributed by atoms with Crippen LogP contribution in [0.4, 0.5) is 16.1 Å². The summed E-state index contributed by atoms with van der Waals surface area (Å²) in [6.07, 6.45) is 0.506. The predicted octanol–water partition coefficient (Wildman–Crippen LogP) is 1.46. The number of methoxy groups -OCH3 is 1. The van der Waals surface area contributed by atoms with Gasteiger partial charge >= 0.3 is 6.01 Å². The van der Waals surface area contributed by atoms with Gasteiger partial charge in [0.2, 0.25) is 5.89 Å². The van der Waals surface area contributed by atoms with Gasteiger partial charge in [0.15, 0.2) is 11.6 Å². The van der Waals surface area contributed by atoms with Crippen LogP contribution in [0.15, 0.2) is 22.6 Å². The molecule has 0 aliphatic heterocycles. The van der Waals surface area contributed by atoms with Gasteiger partial charge < -0.3 is 20.2 Å². The van der Waals surface area contributed by atoms with Crippen molar-refractivity contribution in [1.29, 1.82) is 0 Å². The van der Waals surface area contributed by atoms with Crippen LogP contribution < -0.4 is 15.8 Å². The molecule has 6 nitrogen and oxygen atoms in total. The second kappa shape index (κ2) is 5.46. The first-order chi connectivity index (χ1) is 8.72. The van der Waals surface area contributed by atoms with Gasteiger partial charge in [-0.3, -0.25) is 0 Å². The first-order valence-electron chi connectivity index (χ1n) is 5.36. The highest BCUT2D eigenvalue weighted by atomic mass is 19.1. The topological polar surface area (TPSA) is 86.2 Å². The fourth-order valence-electron chi connectivity index (χ4n) is 1.40. The third-order valence-corrected chi connectivity index (χ3v) is 2.23. The molecule has 1 aromatic heterocycles. The molecule has 2 rings (SSSR count). The molecule has 0 saturated heterocycles. The number of ether oxygens (including phenoxy) is 1. The lowest BCUT2D eigenvalue weighted by Gasteiger charge is -2.04. The van der Waals surface area contributed by atoms with E-state index < -0.39 is 5.82 Å². The average molecular weight is 252 g/mol. The first kappa shape index (κ1) is 12.3. The van der Waals surface area contributed by atoms with Crippen LogP contribution in [-0.4, -0.2) is 23.9 Å². The number of halogens is 1. The number of nitrogens with one attached hydrogen (secondary N) is 1. The minimum atomic E-state index is -0.468. The molecule has 2 aromatic rings. The number of rotatable bonds is 5. The number of aromatic nitrogens is 2. The maximum atomic E-state index is 13.4. The monoisotopic (exact) mass is 252 g/mol. The summed E-state index contributed by atoms with van der Waals surface area (Å²) in [5.74, 6) is 0.146. The second-order valence-electron chi connectivity index (χ2n) is 3.51. The Labute approximate surface area is 103 Å². The molecule has 0 aliphatic rings. The van der Waals surface area contributed by atoms with Crippen LogP contribution in [-0.2, 0) is 6.42 Å². The van der Waals surface area contributed by atoms with Gasteiger partial charge in [-0.25, -0.2) is 4.39 Å². The van der Waals surface area contributed by atoms with Crippen LogP contribution >= 0.6 is 0 Å². The molecule has 96 valence electrons. The summed E-state index contributed by atoms with van der Waals surface area (Å²) < 4.78 is 23.5. The standard InChI is InChI=1S/C11H13FN4O2/c1-17-9-3-2-7(6-8(9)12)14-11-16-15-10(18-11)4-5-13/h2-3,6H,4-5,13H2,1H3,(H,14,16). The van der Waals surface area contributed by atoms with Gasteiger partial charge in [-0.05, 0) is 12.1 Å². The summed E-state index contributed by atoms with van der Waals surface area (Å²) in [5.41, 5.74) is 5.86. The van der Waals surface area contributed by atoms with Crippen molar-refractivity contribution in [3.63, 3.8) is 0 Å². The molecule has 3 N–H and O–H groups in total. The molecule has 0 aliphatic carbocycles. The summed E-state index contributed by atoms with van der Waals surface area (Å²) in [6, 6.07) is 4.64. The van der Waals surface area contributed by atoms with Gasteiger partial charge in [0.05, 0.1) is 7.11 Å². The van der Waals surface area contributed by atoms with E-state index in [-0.39, 0.29) is 11.8 Å². The normalized spacial score (nSPS) is 10.4. The maximum Gasteiger partial charge on any atom is 0.320 e. The van der Waals surface area contributed by atoms with Crippen molar-refractivity contribution >= 4 is 11.7 Å². The summed E-state index contributed by atoms with van der Waals surface area (Å²) >= 11 is 0. The number of nitrogens with zero attached hydrogens (tertiary/aromatic N) is 2. The zero-order valence-corrected chi connectivity index (χ0v) is 9.81. The van der Waals surface area contributed by atoms with E-state index in [2.05, 4.69) is 15.5 Å². The molecule has 0 unspecified atom stereocenters. The SMILES string of the molecule is COc1ccc(Nc2nnc(CCN)o2)cc1F. The van der Waals surface area contributed by atoms with Crippen LogP contribution in [0.5, 0.6) is 5.75 Å². The van der Waals surface area contributed by atoms with Gasteiger partial charge in [-0.1, -0.05) is 5.10 Å². The van der Waals surface area contributed by atoms with Crippen molar-refractivity contribution in [2.75, 3.05) is 19.0 Å². The third-order valence-electron chi connectivity index (χ3n) is 2.23. The van der Waals surface area contributed by atoms with Crippen molar-refractivity contribution in [2.45, 2.75) is 6.42 Å². The lowest BCUT2D eigenvalue weighted by molar-refractivity contribution is 0.386. The average Bonchev–Trinajstić information content (AvgIpc) is 2.77. The molecule has 0 atom stereocenters. The molecular formula is C11H13FN4O2. The number of nitrogens with two attached hydrogens (primary N) is 1. The predicted molar refractivity (Wildman–Crippen MR) is 63.3 cm³/mol. The van der Waals surface area contributed by atoms with Crippen molar-refractivity contribution in [1.82, 2.24) is 10.2 Å². The van der Waals surface area contributed by atoms with Gasteiger partial charge in [0.25, 0.3) is 0 Å². The minimum absolute atomic E-state index is 0.176. The van der Waals surface area contributed by atoms with Crippen LogP contribution in [0, 0.1) is 5.82 Å². The largest absolute Gasteiger partial charge is 0.494 e. The van der Waals surface area contributed by atoms with Crippen LogP contribution in [0.2, 0.25) is 0 Å². The summed E-state index contributed by atoms with van der Waals surface area (Å²) in [6.45, 7) is 0.429. The molecule has 1 heterocycles. The van der Waals surface area contributed by atoms with E-state index in [9.17, 15) is 4.39 Å². The van der Waals surface area contributed by atoms with E-state index in [0.717, 1.165) is 0 Å². The fraction of sp³-hybridized carbons (Fsp3) is 0.273. The van der Waals surface area contributed by atoms with Gasteiger partial charge in [-0.2, -0.15) is 0 Å². The number of hydrogen-bond donors (Lipinski definition) is 2. The Bertz CT molecular complexity index is 530. The molecule has 0 radical (unpaired) electrons. The van der Waals surface area contributed by atoms with Crippen molar-refractivity contribution < 1.29 is 13.5 Å². The van der Waals surface area contributed by atoms with Crippen molar-refractivity contribution in [3.05, 3.63) is 29.9 Å². The van der Waals surface area contributed by atoms with Crippen LogP contribution in [0.3, 0.4) is 0 Å². The van der Waals surface area contributed by atoms with Crippen LogP contribution in [0.1, 0.15) is 5.89 Å². The number of anilines is 2. The third kappa shape index (κ3) is 2.75. The number of benzene rings is 1. The van der Waals surface area contributed by atoms with E-state index in [4.69, 9.17) is 14.9 Å².